The Kier molecular flexibility index (Phi) is 17.8. The van der Waals surface area contributed by atoms with Crippen molar-refractivity contribution in [1.82, 2.24) is 0 Å². The molecule has 3 aromatic heterocycles. The monoisotopic (exact) mass is 1050 g/mol. The molecule has 0 aliphatic rings. The number of hydrogen-bond acceptors (Lipinski definition) is 13. The number of carbonyl (C=O) groups is 4. The fourth-order valence-corrected chi connectivity index (χ4v) is 9.70. The molecule has 0 radical (unpaired) electrons. The molecule has 0 saturated carbocycles. The first-order valence-corrected chi connectivity index (χ1v) is 24.2. The normalized spacial score (nSPS) is 12.9. The predicted octanol–water partition coefficient (Wildman–Crippen LogP) is 10.4. The van der Waals surface area contributed by atoms with Crippen molar-refractivity contribution in [3.8, 4) is 17.2 Å². The van der Waals surface area contributed by atoms with Crippen LogP contribution in [0.1, 0.15) is 56.7 Å². The standard InChI is InChI=1S/C56H54N4O17/c1-4-43(57(52(64)65)49-46(40(61)27-30-72-49)75-33-36-19-11-7-12-20-36)56(60(55(70)71)39-25-17-10-18-26-39,44(5-2)58(53(66)67)50-47(41(62)28-31-73-50)76-34-37-21-13-8-14-22-37)45(6-3)59(54(68)69)51-48(42(63)29-32-74-51)77-35-38-23-15-9-16-24-38/h7-32,43-45H,4-6,33-35H2,1-3H3,(H,64,65)(H,66,67)(H,68,69)(H,70,71). The van der Waals surface area contributed by atoms with Crippen LogP contribution in [0.3, 0.4) is 0 Å². The zero-order valence-corrected chi connectivity index (χ0v) is 41.9. The number of benzene rings is 4. The number of rotatable bonds is 23. The Hall–Kier alpha value is -9.79. The van der Waals surface area contributed by atoms with Crippen LogP contribution >= 0.6 is 0 Å². The highest BCUT2D eigenvalue weighted by Crippen LogP contribution is 2.49. The van der Waals surface area contributed by atoms with Gasteiger partial charge in [0.15, 0.2) is 0 Å². The van der Waals surface area contributed by atoms with Crippen molar-refractivity contribution in [2.45, 2.75) is 83.5 Å². The van der Waals surface area contributed by atoms with E-state index in [1.165, 1.54) is 51.1 Å². The summed E-state index contributed by atoms with van der Waals surface area (Å²) in [7, 11) is 0. The SMILES string of the molecule is CCC(N(C(=O)O)c1occc(=O)c1OCc1ccccc1)C(C(CC)N(C(=O)O)c1occc(=O)c1OCc1ccccc1)(C(CC)N(C(=O)O)c1occc(=O)c1OCc1ccccc1)N(C(=O)O)c1ccccc1. The van der Waals surface area contributed by atoms with Gasteiger partial charge in [-0.1, -0.05) is 130 Å². The molecular formula is C56H54N4O17. The van der Waals surface area contributed by atoms with Crippen LogP contribution in [0.15, 0.2) is 186 Å². The lowest BCUT2D eigenvalue weighted by atomic mass is 9.69. The van der Waals surface area contributed by atoms with Gasteiger partial charge in [-0.2, -0.15) is 0 Å². The molecule has 3 heterocycles. The molecule has 7 aromatic rings. The van der Waals surface area contributed by atoms with Crippen molar-refractivity contribution in [2.24, 2.45) is 0 Å². The molecule has 0 spiro atoms. The summed E-state index contributed by atoms with van der Waals surface area (Å²) >= 11 is 0. The summed E-state index contributed by atoms with van der Waals surface area (Å²) in [6.45, 7) is 3.27. The van der Waals surface area contributed by atoms with Gasteiger partial charge in [0.25, 0.3) is 17.7 Å². The summed E-state index contributed by atoms with van der Waals surface area (Å²) in [6, 6.07) is 28.9. The maximum Gasteiger partial charge on any atom is 0.414 e. The quantitative estimate of drug-likeness (QED) is 0.0463. The summed E-state index contributed by atoms with van der Waals surface area (Å²) < 4.78 is 36.0. The van der Waals surface area contributed by atoms with Gasteiger partial charge in [0, 0.05) is 23.9 Å². The van der Waals surface area contributed by atoms with E-state index >= 15 is 0 Å². The molecule has 0 saturated heterocycles. The molecule has 4 amide bonds. The summed E-state index contributed by atoms with van der Waals surface area (Å²) in [5, 5.41) is 47.3. The summed E-state index contributed by atoms with van der Waals surface area (Å²) in [5.74, 6) is -4.51. The highest BCUT2D eigenvalue weighted by atomic mass is 16.5. The second-order valence-electron chi connectivity index (χ2n) is 17.2. The van der Waals surface area contributed by atoms with Crippen LogP contribution in [0.2, 0.25) is 0 Å². The molecule has 0 bridgehead atoms. The van der Waals surface area contributed by atoms with Crippen molar-refractivity contribution < 1.29 is 67.1 Å². The zero-order chi connectivity index (χ0) is 55.2. The number of para-hydroxylation sites is 1. The maximum absolute atomic E-state index is 14.9. The second-order valence-corrected chi connectivity index (χ2v) is 17.2. The van der Waals surface area contributed by atoms with E-state index in [2.05, 4.69) is 0 Å². The van der Waals surface area contributed by atoms with Gasteiger partial charge in [0.2, 0.25) is 33.5 Å². The Balaban J connectivity index is 1.64. The molecule has 3 atom stereocenters. The van der Waals surface area contributed by atoms with E-state index in [-0.39, 0.29) is 25.5 Å². The van der Waals surface area contributed by atoms with Crippen molar-refractivity contribution in [2.75, 3.05) is 19.6 Å². The van der Waals surface area contributed by atoms with Crippen LogP contribution in [0.4, 0.5) is 42.5 Å². The molecule has 4 aromatic carbocycles. The van der Waals surface area contributed by atoms with Crippen LogP contribution in [-0.2, 0) is 19.8 Å². The topological polar surface area (TPSA) is 280 Å². The van der Waals surface area contributed by atoms with Gasteiger partial charge in [0.1, 0.15) is 25.4 Å². The van der Waals surface area contributed by atoms with Crippen molar-refractivity contribution in [3.63, 3.8) is 0 Å². The Labute approximate surface area is 439 Å². The van der Waals surface area contributed by atoms with Crippen molar-refractivity contribution in [3.05, 3.63) is 206 Å². The van der Waals surface area contributed by atoms with E-state index in [4.69, 9.17) is 27.5 Å². The second kappa shape index (κ2) is 25.0. The van der Waals surface area contributed by atoms with Gasteiger partial charge in [0.05, 0.1) is 36.9 Å². The first-order valence-electron chi connectivity index (χ1n) is 24.2. The van der Waals surface area contributed by atoms with Crippen molar-refractivity contribution in [1.29, 1.82) is 0 Å². The number of hydrogen-bond donors (Lipinski definition) is 4. The third-order valence-electron chi connectivity index (χ3n) is 12.7. The van der Waals surface area contributed by atoms with E-state index < -0.39 is 118 Å². The minimum Gasteiger partial charge on any atom is -0.480 e. The number of nitrogens with zero attached hydrogens (tertiary/aromatic N) is 4. The fourth-order valence-electron chi connectivity index (χ4n) is 9.70. The Morgan fingerprint density at radius 3 is 0.948 bits per heavy atom. The minimum absolute atomic E-state index is 0.267. The highest BCUT2D eigenvalue weighted by molar-refractivity contribution is 5.96. The van der Waals surface area contributed by atoms with Crippen LogP contribution in [-0.4, -0.2) is 68.5 Å². The lowest BCUT2D eigenvalue weighted by molar-refractivity contribution is 0.131. The molecule has 4 N–H and O–H groups in total. The fraction of sp³-hybridized carbons (Fsp3) is 0.232. The number of ether oxygens (including phenoxy) is 3. The number of amides is 4. The van der Waals surface area contributed by atoms with Gasteiger partial charge in [-0.25, -0.2) is 33.9 Å². The van der Waals surface area contributed by atoms with Crippen LogP contribution in [0.5, 0.6) is 17.2 Å². The Morgan fingerprint density at radius 2 is 0.701 bits per heavy atom. The third kappa shape index (κ3) is 11.6. The first kappa shape index (κ1) is 55.0. The van der Waals surface area contributed by atoms with Gasteiger partial charge >= 0.3 is 24.4 Å². The predicted molar refractivity (Wildman–Crippen MR) is 281 cm³/mol. The highest BCUT2D eigenvalue weighted by Gasteiger charge is 2.65. The van der Waals surface area contributed by atoms with E-state index in [1.807, 2.05) is 0 Å². The molecule has 21 heteroatoms. The molecule has 400 valence electrons. The molecule has 21 nitrogen and oxygen atoms in total. The molecular weight excluding hydrogens is 1000 g/mol. The van der Waals surface area contributed by atoms with Gasteiger partial charge < -0.3 is 47.9 Å². The molecule has 0 aliphatic carbocycles. The first-order chi connectivity index (χ1) is 37.2. The van der Waals surface area contributed by atoms with Gasteiger partial charge in [-0.15, -0.1) is 0 Å². The average Bonchev–Trinajstić information content (AvgIpc) is 3.58. The zero-order valence-electron chi connectivity index (χ0n) is 41.9. The third-order valence-corrected chi connectivity index (χ3v) is 12.7. The Bertz CT molecular complexity index is 3010. The number of anilines is 4. The van der Waals surface area contributed by atoms with Crippen LogP contribution in [0.25, 0.3) is 0 Å². The molecule has 0 fully saturated rings. The van der Waals surface area contributed by atoms with Gasteiger partial charge in [-0.05, 0) is 48.1 Å². The molecule has 0 aliphatic heterocycles. The smallest absolute Gasteiger partial charge is 0.414 e. The van der Waals surface area contributed by atoms with E-state index in [0.717, 1.165) is 37.0 Å². The lowest BCUT2D eigenvalue weighted by Gasteiger charge is -2.59. The van der Waals surface area contributed by atoms with Crippen molar-refractivity contribution >= 4 is 47.7 Å². The Morgan fingerprint density at radius 1 is 0.429 bits per heavy atom. The maximum atomic E-state index is 14.9. The largest absolute Gasteiger partial charge is 0.480 e. The molecule has 3 unspecified atom stereocenters. The summed E-state index contributed by atoms with van der Waals surface area (Å²) in [5.41, 5.74) is -4.35. The average molecular weight is 1060 g/mol. The summed E-state index contributed by atoms with van der Waals surface area (Å²) in [4.78, 5) is 103. The van der Waals surface area contributed by atoms with E-state index in [0.29, 0.717) is 36.3 Å². The lowest BCUT2D eigenvalue weighted by Crippen LogP contribution is -2.81. The molecule has 7 rings (SSSR count). The molecule has 77 heavy (non-hydrogen) atoms. The van der Waals surface area contributed by atoms with Gasteiger partial charge in [-0.3, -0.25) is 19.3 Å². The van der Waals surface area contributed by atoms with Crippen LogP contribution < -0.4 is 50.1 Å². The number of carboxylic acid groups (broad SMARTS) is 4. The van der Waals surface area contributed by atoms with E-state index in [1.54, 1.807) is 91.0 Å². The summed E-state index contributed by atoms with van der Waals surface area (Å²) in [6.07, 6.45) is -6.73. The van der Waals surface area contributed by atoms with E-state index in [9.17, 15) is 54.0 Å². The minimum atomic E-state index is -2.97. The van der Waals surface area contributed by atoms with Crippen LogP contribution in [0, 0.1) is 0 Å².